The van der Waals surface area contributed by atoms with Crippen molar-refractivity contribution in [3.63, 3.8) is 0 Å². The van der Waals surface area contributed by atoms with Gasteiger partial charge in [-0.3, -0.25) is 9.79 Å². The Labute approximate surface area is 186 Å². The molecule has 2 rings (SSSR count). The van der Waals surface area contributed by atoms with Crippen LogP contribution in [0.4, 0.5) is 0 Å². The number of amides is 1. The third kappa shape index (κ3) is 8.40. The van der Waals surface area contributed by atoms with Gasteiger partial charge in [0.2, 0.25) is 15.9 Å². The van der Waals surface area contributed by atoms with Crippen LogP contribution in [0.5, 0.6) is 0 Å². The summed E-state index contributed by atoms with van der Waals surface area (Å²) in [7, 11) is -1.59. The largest absolute Gasteiger partial charge is 0.355 e. The predicted molar refractivity (Wildman–Crippen MR) is 124 cm³/mol. The van der Waals surface area contributed by atoms with Gasteiger partial charge in [-0.05, 0) is 33.1 Å². The Morgan fingerprint density at radius 3 is 2.39 bits per heavy atom. The van der Waals surface area contributed by atoms with Crippen molar-refractivity contribution >= 4 is 45.9 Å². The van der Waals surface area contributed by atoms with Crippen LogP contribution in [-0.2, 0) is 14.8 Å². The number of halogens is 1. The fraction of sp³-hybridized carbons (Fsp3) is 0.889. The maximum atomic E-state index is 12.7. The first-order chi connectivity index (χ1) is 12.6. The average molecular weight is 529 g/mol. The molecular weight excluding hydrogens is 493 g/mol. The molecule has 164 valence electrons. The molecule has 1 unspecified atom stereocenters. The van der Waals surface area contributed by atoms with Crippen molar-refractivity contribution < 1.29 is 13.2 Å². The van der Waals surface area contributed by atoms with Crippen LogP contribution in [0.1, 0.15) is 52.4 Å². The molecule has 2 fully saturated rings. The molecule has 0 aromatic rings. The van der Waals surface area contributed by atoms with Crippen molar-refractivity contribution in [2.45, 2.75) is 64.0 Å². The second-order valence-corrected chi connectivity index (χ2v) is 10.2. The van der Waals surface area contributed by atoms with Gasteiger partial charge < -0.3 is 15.5 Å². The molecule has 0 radical (unpaired) electrons. The molecule has 0 aromatic carbocycles. The minimum atomic E-state index is -3.28. The molecule has 1 heterocycles. The number of sulfonamides is 1. The second kappa shape index (κ2) is 11.0. The van der Waals surface area contributed by atoms with Crippen LogP contribution in [0.15, 0.2) is 4.99 Å². The summed E-state index contributed by atoms with van der Waals surface area (Å²) in [5.41, 5.74) is -0.635. The number of nitrogens with zero attached hydrogens (tertiary/aromatic N) is 2. The number of likely N-dealkylation sites (tertiary alicyclic amines) is 1. The number of carbonyl (C=O) groups excluding carboxylic acids is 1. The fourth-order valence-corrected chi connectivity index (χ4v) is 4.99. The minimum absolute atomic E-state index is 0. The smallest absolute Gasteiger partial charge is 0.225 e. The average Bonchev–Trinajstić information content (AvgIpc) is 3.05. The number of guanidine groups is 1. The van der Waals surface area contributed by atoms with E-state index in [-0.39, 0.29) is 35.9 Å². The van der Waals surface area contributed by atoms with E-state index < -0.39 is 15.6 Å². The van der Waals surface area contributed by atoms with Gasteiger partial charge in [-0.2, -0.15) is 0 Å². The van der Waals surface area contributed by atoms with Crippen LogP contribution < -0.4 is 15.4 Å². The summed E-state index contributed by atoms with van der Waals surface area (Å²) in [6.45, 7) is 5.51. The molecule has 0 aromatic heterocycles. The maximum Gasteiger partial charge on any atom is 0.225 e. The SMILES string of the molecule is CN=C(NCC(C)(C)NS(C)(=O)=O)NC1CCN(C(=O)C2CCCCC2)C1.I. The summed E-state index contributed by atoms with van der Waals surface area (Å²) in [6.07, 6.45) is 7.68. The molecule has 10 heteroatoms. The van der Waals surface area contributed by atoms with Gasteiger partial charge in [-0.15, -0.1) is 24.0 Å². The van der Waals surface area contributed by atoms with Crippen LogP contribution in [0.3, 0.4) is 0 Å². The van der Waals surface area contributed by atoms with Crippen molar-refractivity contribution in [2.24, 2.45) is 10.9 Å². The van der Waals surface area contributed by atoms with Gasteiger partial charge in [0.05, 0.1) is 6.26 Å². The van der Waals surface area contributed by atoms with E-state index in [9.17, 15) is 13.2 Å². The van der Waals surface area contributed by atoms with Gasteiger partial charge in [-0.1, -0.05) is 19.3 Å². The van der Waals surface area contributed by atoms with Gasteiger partial charge in [0, 0.05) is 44.2 Å². The Morgan fingerprint density at radius 1 is 1.18 bits per heavy atom. The predicted octanol–water partition coefficient (Wildman–Crippen LogP) is 1.28. The first kappa shape index (κ1) is 25.4. The van der Waals surface area contributed by atoms with Gasteiger partial charge in [0.25, 0.3) is 0 Å². The van der Waals surface area contributed by atoms with Crippen LogP contribution in [-0.4, -0.2) is 69.7 Å². The molecular formula is C18H36IN5O3S. The summed E-state index contributed by atoms with van der Waals surface area (Å²) in [4.78, 5) is 18.9. The molecule has 1 aliphatic carbocycles. The third-order valence-electron chi connectivity index (χ3n) is 5.18. The van der Waals surface area contributed by atoms with E-state index in [4.69, 9.17) is 0 Å². The van der Waals surface area contributed by atoms with E-state index >= 15 is 0 Å². The van der Waals surface area contributed by atoms with Crippen molar-refractivity contribution in [3.8, 4) is 0 Å². The molecule has 2 aliphatic rings. The molecule has 1 saturated heterocycles. The Bertz CT molecular complexity index is 648. The van der Waals surface area contributed by atoms with Gasteiger partial charge >= 0.3 is 0 Å². The standard InChI is InChI=1S/C18H35N5O3S.HI/c1-18(2,22-27(4,25)26)13-20-17(19-3)21-15-10-11-23(12-15)16(24)14-8-6-5-7-9-14;/h14-15,22H,5-13H2,1-4H3,(H2,19,20,21);1H. The normalized spacial score (nSPS) is 21.9. The number of nitrogens with one attached hydrogen (secondary N) is 3. The summed E-state index contributed by atoms with van der Waals surface area (Å²) < 4.78 is 25.5. The van der Waals surface area contributed by atoms with Crippen LogP contribution in [0, 0.1) is 5.92 Å². The zero-order valence-corrected chi connectivity index (χ0v) is 20.6. The highest BCUT2D eigenvalue weighted by Crippen LogP contribution is 2.26. The lowest BCUT2D eigenvalue weighted by Crippen LogP contribution is -2.54. The van der Waals surface area contributed by atoms with E-state index in [1.807, 2.05) is 18.7 Å². The lowest BCUT2D eigenvalue weighted by molar-refractivity contribution is -0.135. The highest BCUT2D eigenvalue weighted by atomic mass is 127. The molecule has 28 heavy (non-hydrogen) atoms. The summed E-state index contributed by atoms with van der Waals surface area (Å²) in [5.74, 6) is 1.13. The Hall–Kier alpha value is -0.620. The highest BCUT2D eigenvalue weighted by Gasteiger charge is 2.32. The number of hydrogen-bond donors (Lipinski definition) is 3. The molecule has 0 spiro atoms. The third-order valence-corrected chi connectivity index (χ3v) is 6.10. The molecule has 1 atom stereocenters. The quantitative estimate of drug-likeness (QED) is 0.273. The highest BCUT2D eigenvalue weighted by molar-refractivity contribution is 14.0. The topological polar surface area (TPSA) is 103 Å². The zero-order valence-electron chi connectivity index (χ0n) is 17.5. The lowest BCUT2D eigenvalue weighted by Gasteiger charge is -2.28. The Kier molecular flexibility index (Phi) is 9.95. The minimum Gasteiger partial charge on any atom is -0.355 e. The number of hydrogen-bond acceptors (Lipinski definition) is 4. The molecule has 1 saturated carbocycles. The first-order valence-electron chi connectivity index (χ1n) is 9.84. The van der Waals surface area contributed by atoms with E-state index in [0.717, 1.165) is 32.1 Å². The number of aliphatic imine (C=N–C) groups is 1. The fourth-order valence-electron chi connectivity index (χ4n) is 3.92. The molecule has 0 bridgehead atoms. The van der Waals surface area contributed by atoms with Gasteiger partial charge in [-0.25, -0.2) is 13.1 Å². The van der Waals surface area contributed by atoms with Gasteiger partial charge in [0.1, 0.15) is 0 Å². The summed E-state index contributed by atoms with van der Waals surface area (Å²) >= 11 is 0. The maximum absolute atomic E-state index is 12.7. The second-order valence-electron chi connectivity index (χ2n) is 8.43. The van der Waals surface area contributed by atoms with Crippen molar-refractivity contribution in [3.05, 3.63) is 0 Å². The monoisotopic (exact) mass is 529 g/mol. The van der Waals surface area contributed by atoms with E-state index in [1.54, 1.807) is 7.05 Å². The van der Waals surface area contributed by atoms with Crippen LogP contribution in [0.25, 0.3) is 0 Å². The molecule has 3 N–H and O–H groups in total. The van der Waals surface area contributed by atoms with E-state index in [0.29, 0.717) is 25.0 Å². The van der Waals surface area contributed by atoms with Crippen molar-refractivity contribution in [1.29, 1.82) is 0 Å². The van der Waals surface area contributed by atoms with E-state index in [2.05, 4.69) is 20.3 Å². The summed E-state index contributed by atoms with van der Waals surface area (Å²) in [6, 6.07) is 0.162. The van der Waals surface area contributed by atoms with E-state index in [1.165, 1.54) is 19.3 Å². The van der Waals surface area contributed by atoms with Crippen LogP contribution >= 0.6 is 24.0 Å². The number of carbonyl (C=O) groups is 1. The van der Waals surface area contributed by atoms with Crippen LogP contribution in [0.2, 0.25) is 0 Å². The lowest BCUT2D eigenvalue weighted by atomic mass is 9.88. The molecule has 1 aliphatic heterocycles. The van der Waals surface area contributed by atoms with Gasteiger partial charge in [0.15, 0.2) is 5.96 Å². The zero-order chi connectivity index (χ0) is 20.1. The van der Waals surface area contributed by atoms with Crippen molar-refractivity contribution in [2.75, 3.05) is 32.9 Å². The Morgan fingerprint density at radius 2 is 1.82 bits per heavy atom. The number of rotatable bonds is 6. The molecule has 1 amide bonds. The first-order valence-corrected chi connectivity index (χ1v) is 11.7. The summed E-state index contributed by atoms with van der Waals surface area (Å²) in [5, 5.41) is 6.53. The Balaban J connectivity index is 0.00000392. The van der Waals surface area contributed by atoms with Crippen molar-refractivity contribution in [1.82, 2.24) is 20.3 Å². The molecule has 8 nitrogen and oxygen atoms in total.